The van der Waals surface area contributed by atoms with Gasteiger partial charge in [0.05, 0.1) is 18.2 Å². The molecule has 0 aliphatic carbocycles. The number of carbonyl (C=O) groups excluding carboxylic acids is 1. The average Bonchev–Trinajstić information content (AvgIpc) is 2.37. The average molecular weight is 265 g/mol. The van der Waals surface area contributed by atoms with Gasteiger partial charge in [0.2, 0.25) is 0 Å². The zero-order valence-corrected chi connectivity index (χ0v) is 11.9. The van der Waals surface area contributed by atoms with Crippen LogP contribution in [-0.4, -0.2) is 47.1 Å². The minimum Gasteiger partial charge on any atom is -0.391 e. The molecule has 1 aromatic rings. The van der Waals surface area contributed by atoms with Gasteiger partial charge >= 0.3 is 0 Å². The molecule has 1 unspecified atom stereocenters. The van der Waals surface area contributed by atoms with Gasteiger partial charge in [0, 0.05) is 5.92 Å². The Kier molecular flexibility index (Phi) is 5.66. The van der Waals surface area contributed by atoms with Crippen LogP contribution in [-0.2, 0) is 4.79 Å². The van der Waals surface area contributed by atoms with Gasteiger partial charge in [-0.3, -0.25) is 9.69 Å². The molecule has 0 spiro atoms. The number of Topliss-reactive ketones (excluding diaryl/α,β-unsaturated/α-hetero) is 1. The lowest BCUT2D eigenvalue weighted by Gasteiger charge is -2.33. The molecule has 106 valence electrons. The lowest BCUT2D eigenvalue weighted by Crippen LogP contribution is -2.48. The molecule has 4 heteroatoms. The summed E-state index contributed by atoms with van der Waals surface area (Å²) in [5, 5.41) is 20.6. The second kappa shape index (κ2) is 6.80. The van der Waals surface area contributed by atoms with Gasteiger partial charge in [-0.05, 0) is 26.6 Å². The third kappa shape index (κ3) is 3.86. The number of aliphatic hydroxyl groups excluding tert-OH is 2. The summed E-state index contributed by atoms with van der Waals surface area (Å²) in [5.74, 6) is -0.539. The van der Waals surface area contributed by atoms with Crippen LogP contribution in [0, 0.1) is 5.92 Å². The van der Waals surface area contributed by atoms with Crippen LogP contribution < -0.4 is 0 Å². The first-order chi connectivity index (χ1) is 8.86. The Morgan fingerprint density at radius 2 is 1.68 bits per heavy atom. The first kappa shape index (κ1) is 15.8. The third-order valence-corrected chi connectivity index (χ3v) is 3.47. The number of hydrogen-bond donors (Lipinski definition) is 2. The second-order valence-corrected chi connectivity index (χ2v) is 5.22. The molecule has 0 aliphatic rings. The standard InChI is InChI=1S/C15H23NO3/c1-10(14(18)12-8-6-5-7-9-12)15(19)13(11(2)17)16(3)4/h5-10,13-15,18-19H,1-4H3/t10-,13-,14?,15-/m1/s1. The van der Waals surface area contributed by atoms with Crippen molar-refractivity contribution in [1.29, 1.82) is 0 Å². The summed E-state index contributed by atoms with van der Waals surface area (Å²) in [4.78, 5) is 13.3. The van der Waals surface area contributed by atoms with E-state index in [1.54, 1.807) is 25.9 Å². The van der Waals surface area contributed by atoms with Gasteiger partial charge in [0.15, 0.2) is 0 Å². The minimum atomic E-state index is -0.914. The van der Waals surface area contributed by atoms with Crippen molar-refractivity contribution in [2.75, 3.05) is 14.1 Å². The lowest BCUT2D eigenvalue weighted by atomic mass is 9.87. The molecule has 0 heterocycles. The van der Waals surface area contributed by atoms with Crippen molar-refractivity contribution < 1.29 is 15.0 Å². The zero-order chi connectivity index (χ0) is 14.6. The zero-order valence-electron chi connectivity index (χ0n) is 11.9. The number of nitrogens with zero attached hydrogens (tertiary/aromatic N) is 1. The van der Waals surface area contributed by atoms with Crippen LogP contribution in [0.5, 0.6) is 0 Å². The predicted octanol–water partition coefficient (Wildman–Crippen LogP) is 1.24. The van der Waals surface area contributed by atoms with E-state index in [0.717, 1.165) is 5.56 Å². The molecule has 4 nitrogen and oxygen atoms in total. The maximum absolute atomic E-state index is 11.6. The molecule has 0 aliphatic heterocycles. The largest absolute Gasteiger partial charge is 0.391 e. The molecule has 4 atom stereocenters. The number of likely N-dealkylation sites (N-methyl/N-ethyl adjacent to an activating group) is 1. The molecule has 0 aromatic heterocycles. The molecule has 0 radical (unpaired) electrons. The second-order valence-electron chi connectivity index (χ2n) is 5.22. The Morgan fingerprint density at radius 3 is 2.11 bits per heavy atom. The number of rotatable bonds is 6. The molecule has 0 saturated carbocycles. The van der Waals surface area contributed by atoms with Crippen LogP contribution in [0.1, 0.15) is 25.5 Å². The molecule has 0 bridgehead atoms. The van der Waals surface area contributed by atoms with E-state index in [4.69, 9.17) is 0 Å². The highest BCUT2D eigenvalue weighted by atomic mass is 16.3. The molecule has 1 rings (SSSR count). The summed E-state index contributed by atoms with van der Waals surface area (Å²) < 4.78 is 0. The third-order valence-electron chi connectivity index (χ3n) is 3.47. The smallest absolute Gasteiger partial charge is 0.149 e. The summed E-state index contributed by atoms with van der Waals surface area (Å²) in [5.41, 5.74) is 0.745. The van der Waals surface area contributed by atoms with Gasteiger partial charge in [-0.1, -0.05) is 37.3 Å². The predicted molar refractivity (Wildman–Crippen MR) is 74.7 cm³/mol. The highest BCUT2D eigenvalue weighted by Crippen LogP contribution is 2.26. The summed E-state index contributed by atoms with van der Waals surface area (Å²) in [6.07, 6.45) is -1.71. The SMILES string of the molecule is CC(=O)[C@H]([C@H](O)[C@H](C)C(O)c1ccccc1)N(C)C. The highest BCUT2D eigenvalue weighted by molar-refractivity contribution is 5.82. The van der Waals surface area contributed by atoms with Crippen LogP contribution >= 0.6 is 0 Å². The summed E-state index contributed by atoms with van der Waals surface area (Å²) in [6.45, 7) is 3.21. The molecular formula is C15H23NO3. The summed E-state index contributed by atoms with van der Waals surface area (Å²) in [6, 6.07) is 8.57. The van der Waals surface area contributed by atoms with Crippen LogP contribution in [0.15, 0.2) is 30.3 Å². The molecular weight excluding hydrogens is 242 g/mol. The lowest BCUT2D eigenvalue weighted by molar-refractivity contribution is -0.127. The molecule has 2 N–H and O–H groups in total. The van der Waals surface area contributed by atoms with E-state index in [9.17, 15) is 15.0 Å². The van der Waals surface area contributed by atoms with Gasteiger partial charge in [0.25, 0.3) is 0 Å². The van der Waals surface area contributed by atoms with Gasteiger partial charge in [-0.2, -0.15) is 0 Å². The van der Waals surface area contributed by atoms with Crippen LogP contribution in [0.3, 0.4) is 0 Å². The van der Waals surface area contributed by atoms with Crippen molar-refractivity contribution in [2.45, 2.75) is 32.1 Å². The number of hydrogen-bond acceptors (Lipinski definition) is 4. The van der Waals surface area contributed by atoms with Crippen molar-refractivity contribution in [3.63, 3.8) is 0 Å². The Balaban J connectivity index is 2.86. The number of ketones is 1. The quantitative estimate of drug-likeness (QED) is 0.812. The van der Waals surface area contributed by atoms with Crippen LogP contribution in [0.4, 0.5) is 0 Å². The first-order valence-corrected chi connectivity index (χ1v) is 6.44. The Bertz CT molecular complexity index is 405. The normalized spacial score (nSPS) is 17.8. The molecule has 1 aromatic carbocycles. The summed E-state index contributed by atoms with van der Waals surface area (Å²) >= 11 is 0. The van der Waals surface area contributed by atoms with Gasteiger partial charge in [0.1, 0.15) is 5.78 Å². The van der Waals surface area contributed by atoms with E-state index in [-0.39, 0.29) is 5.78 Å². The number of carbonyl (C=O) groups is 1. The summed E-state index contributed by atoms with van der Waals surface area (Å²) in [7, 11) is 3.49. The first-order valence-electron chi connectivity index (χ1n) is 6.44. The van der Waals surface area contributed by atoms with E-state index >= 15 is 0 Å². The van der Waals surface area contributed by atoms with E-state index in [1.807, 2.05) is 30.3 Å². The maximum Gasteiger partial charge on any atom is 0.149 e. The van der Waals surface area contributed by atoms with Gasteiger partial charge in [-0.25, -0.2) is 0 Å². The van der Waals surface area contributed by atoms with Crippen molar-refractivity contribution in [1.82, 2.24) is 4.90 Å². The van der Waals surface area contributed by atoms with Crippen LogP contribution in [0.2, 0.25) is 0 Å². The van der Waals surface area contributed by atoms with Crippen LogP contribution in [0.25, 0.3) is 0 Å². The molecule has 0 amide bonds. The van der Waals surface area contributed by atoms with Crippen molar-refractivity contribution >= 4 is 5.78 Å². The monoisotopic (exact) mass is 265 g/mol. The van der Waals surface area contributed by atoms with E-state index in [0.29, 0.717) is 0 Å². The van der Waals surface area contributed by atoms with Gasteiger partial charge in [-0.15, -0.1) is 0 Å². The van der Waals surface area contributed by atoms with Crippen molar-refractivity contribution in [3.8, 4) is 0 Å². The molecule has 19 heavy (non-hydrogen) atoms. The number of aliphatic hydroxyl groups is 2. The van der Waals surface area contributed by atoms with Crippen molar-refractivity contribution in [3.05, 3.63) is 35.9 Å². The Morgan fingerprint density at radius 1 is 1.16 bits per heavy atom. The van der Waals surface area contributed by atoms with Crippen molar-refractivity contribution in [2.24, 2.45) is 5.92 Å². The fourth-order valence-corrected chi connectivity index (χ4v) is 2.34. The van der Waals surface area contributed by atoms with Gasteiger partial charge < -0.3 is 10.2 Å². The molecule has 0 saturated heterocycles. The van der Waals surface area contributed by atoms with E-state index in [2.05, 4.69) is 0 Å². The highest BCUT2D eigenvalue weighted by Gasteiger charge is 2.34. The maximum atomic E-state index is 11.6. The van der Waals surface area contributed by atoms with E-state index in [1.165, 1.54) is 6.92 Å². The molecule has 0 fully saturated rings. The van der Waals surface area contributed by atoms with E-state index < -0.39 is 24.2 Å². The fourth-order valence-electron chi connectivity index (χ4n) is 2.34. The topological polar surface area (TPSA) is 60.8 Å². The Hall–Kier alpha value is -1.23. The Labute approximate surface area is 114 Å². The minimum absolute atomic E-state index is 0.107. The fraction of sp³-hybridized carbons (Fsp3) is 0.533. The number of benzene rings is 1.